The minimum Gasteiger partial charge on any atom is -0.382 e. The van der Waals surface area contributed by atoms with Crippen molar-refractivity contribution in [2.24, 2.45) is 0 Å². The molecule has 0 bridgehead atoms. The summed E-state index contributed by atoms with van der Waals surface area (Å²) in [7, 11) is 3.64. The predicted octanol–water partition coefficient (Wildman–Crippen LogP) is 1.63. The summed E-state index contributed by atoms with van der Waals surface area (Å²) in [5.41, 5.74) is 2.60. The number of likely N-dealkylation sites (N-methyl/N-ethyl adjacent to an activating group) is 1. The van der Waals surface area contributed by atoms with Gasteiger partial charge in [0.2, 0.25) is 0 Å². The Balaban J connectivity index is 2.21. The molecule has 0 aromatic heterocycles. The second kappa shape index (κ2) is 10.9. The summed E-state index contributed by atoms with van der Waals surface area (Å²) in [6.07, 6.45) is 1.03. The molecule has 1 aromatic rings. The van der Waals surface area contributed by atoms with Crippen LogP contribution < -0.4 is 5.32 Å². The lowest BCUT2D eigenvalue weighted by Gasteiger charge is -2.10. The highest BCUT2D eigenvalue weighted by Gasteiger charge is 2.01. The molecule has 19 heavy (non-hydrogen) atoms. The number of rotatable bonds is 11. The fraction of sp³-hybridized carbons (Fsp3) is 0.600. The molecule has 4 heteroatoms. The van der Waals surface area contributed by atoms with Crippen LogP contribution in [0.25, 0.3) is 0 Å². The lowest BCUT2D eigenvalue weighted by molar-refractivity contribution is 0.0198. The summed E-state index contributed by atoms with van der Waals surface area (Å²) < 4.78 is 15.9. The Labute approximate surface area is 116 Å². The van der Waals surface area contributed by atoms with Gasteiger partial charge in [-0.25, -0.2) is 0 Å². The Bertz CT molecular complexity index is 331. The van der Waals surface area contributed by atoms with E-state index in [0.717, 1.165) is 13.0 Å². The molecule has 1 aromatic carbocycles. The van der Waals surface area contributed by atoms with Gasteiger partial charge in [0.25, 0.3) is 0 Å². The van der Waals surface area contributed by atoms with Gasteiger partial charge in [-0.1, -0.05) is 24.3 Å². The van der Waals surface area contributed by atoms with E-state index in [1.807, 2.05) is 7.05 Å². The van der Waals surface area contributed by atoms with Gasteiger partial charge in [-0.3, -0.25) is 0 Å². The normalized spacial score (nSPS) is 10.8. The first-order valence-corrected chi connectivity index (χ1v) is 6.74. The molecule has 4 nitrogen and oxygen atoms in total. The molecule has 0 saturated heterocycles. The first kappa shape index (κ1) is 16.1. The molecule has 0 aliphatic heterocycles. The number of ether oxygens (including phenoxy) is 3. The summed E-state index contributed by atoms with van der Waals surface area (Å²) in [6.45, 7) is 4.11. The van der Waals surface area contributed by atoms with Gasteiger partial charge in [-0.2, -0.15) is 0 Å². The molecule has 0 amide bonds. The zero-order valence-electron chi connectivity index (χ0n) is 12.0. The van der Waals surface area contributed by atoms with E-state index in [-0.39, 0.29) is 0 Å². The fourth-order valence-corrected chi connectivity index (χ4v) is 1.75. The SMILES string of the molecule is CNCCc1ccccc1COCCOCCOC. The molecule has 1 N–H and O–H groups in total. The van der Waals surface area contributed by atoms with Crippen molar-refractivity contribution in [3.63, 3.8) is 0 Å². The van der Waals surface area contributed by atoms with Gasteiger partial charge in [0.05, 0.1) is 33.0 Å². The van der Waals surface area contributed by atoms with Crippen molar-refractivity contribution in [3.8, 4) is 0 Å². The van der Waals surface area contributed by atoms with E-state index in [9.17, 15) is 0 Å². The van der Waals surface area contributed by atoms with Crippen LogP contribution in [-0.4, -0.2) is 47.1 Å². The van der Waals surface area contributed by atoms with Crippen LogP contribution in [0, 0.1) is 0 Å². The van der Waals surface area contributed by atoms with Crippen LogP contribution in [0.2, 0.25) is 0 Å². The van der Waals surface area contributed by atoms with Crippen LogP contribution in [0.4, 0.5) is 0 Å². The topological polar surface area (TPSA) is 39.7 Å². The maximum Gasteiger partial charge on any atom is 0.0720 e. The van der Waals surface area contributed by atoms with E-state index in [0.29, 0.717) is 33.0 Å². The second-order valence-electron chi connectivity index (χ2n) is 4.28. The van der Waals surface area contributed by atoms with E-state index in [1.165, 1.54) is 11.1 Å². The summed E-state index contributed by atoms with van der Waals surface area (Å²) in [4.78, 5) is 0. The molecule has 0 heterocycles. The first-order valence-electron chi connectivity index (χ1n) is 6.74. The van der Waals surface area contributed by atoms with Crippen LogP contribution in [0.1, 0.15) is 11.1 Å². The summed E-state index contributed by atoms with van der Waals surface area (Å²) in [5.74, 6) is 0. The number of hydrogen-bond donors (Lipinski definition) is 1. The molecule has 0 spiro atoms. The number of methoxy groups -OCH3 is 1. The zero-order chi connectivity index (χ0) is 13.8. The Morgan fingerprint density at radius 1 is 0.947 bits per heavy atom. The van der Waals surface area contributed by atoms with E-state index < -0.39 is 0 Å². The quantitative estimate of drug-likeness (QED) is 0.619. The Kier molecular flexibility index (Phi) is 9.27. The minimum atomic E-state index is 0.613. The van der Waals surface area contributed by atoms with E-state index in [2.05, 4.69) is 29.6 Å². The van der Waals surface area contributed by atoms with Crippen LogP contribution in [0.15, 0.2) is 24.3 Å². The summed E-state index contributed by atoms with van der Waals surface area (Å²) in [6, 6.07) is 8.40. The second-order valence-corrected chi connectivity index (χ2v) is 4.28. The van der Waals surface area contributed by atoms with Crippen molar-refractivity contribution < 1.29 is 14.2 Å². The Hall–Kier alpha value is -0.940. The molecule has 0 unspecified atom stereocenters. The standard InChI is InChI=1S/C15H25NO3/c1-16-8-7-14-5-3-4-6-15(14)13-19-12-11-18-10-9-17-2/h3-6,16H,7-13H2,1-2H3. The number of benzene rings is 1. The molecule has 108 valence electrons. The van der Waals surface area contributed by atoms with E-state index in [4.69, 9.17) is 14.2 Å². The molecule has 1 rings (SSSR count). The van der Waals surface area contributed by atoms with Gasteiger partial charge < -0.3 is 19.5 Å². The third-order valence-corrected chi connectivity index (χ3v) is 2.82. The molecule has 0 radical (unpaired) electrons. The smallest absolute Gasteiger partial charge is 0.0720 e. The lowest BCUT2D eigenvalue weighted by atomic mass is 10.1. The summed E-state index contributed by atoms with van der Waals surface area (Å²) >= 11 is 0. The van der Waals surface area contributed by atoms with Crippen LogP contribution in [0.5, 0.6) is 0 Å². The fourth-order valence-electron chi connectivity index (χ4n) is 1.75. The van der Waals surface area contributed by atoms with Gasteiger partial charge in [-0.05, 0) is 31.1 Å². The van der Waals surface area contributed by atoms with Crippen molar-refractivity contribution in [1.29, 1.82) is 0 Å². The highest BCUT2D eigenvalue weighted by atomic mass is 16.5. The number of hydrogen-bond acceptors (Lipinski definition) is 4. The third kappa shape index (κ3) is 7.28. The average molecular weight is 267 g/mol. The van der Waals surface area contributed by atoms with Crippen molar-refractivity contribution in [1.82, 2.24) is 5.32 Å². The first-order chi connectivity index (χ1) is 9.38. The van der Waals surface area contributed by atoms with E-state index in [1.54, 1.807) is 7.11 Å². The highest BCUT2D eigenvalue weighted by Crippen LogP contribution is 2.10. The van der Waals surface area contributed by atoms with Crippen molar-refractivity contribution in [2.45, 2.75) is 13.0 Å². The van der Waals surface area contributed by atoms with Crippen molar-refractivity contribution >= 4 is 0 Å². The molecule has 0 aliphatic carbocycles. The molecule has 0 fully saturated rings. The van der Waals surface area contributed by atoms with Gasteiger partial charge in [0.15, 0.2) is 0 Å². The van der Waals surface area contributed by atoms with Gasteiger partial charge >= 0.3 is 0 Å². The van der Waals surface area contributed by atoms with Crippen molar-refractivity contribution in [2.75, 3.05) is 47.1 Å². The van der Waals surface area contributed by atoms with Crippen molar-refractivity contribution in [3.05, 3.63) is 35.4 Å². The zero-order valence-corrected chi connectivity index (χ0v) is 12.0. The predicted molar refractivity (Wildman–Crippen MR) is 76.4 cm³/mol. The monoisotopic (exact) mass is 267 g/mol. The van der Waals surface area contributed by atoms with Gasteiger partial charge in [0, 0.05) is 7.11 Å². The molecular formula is C15H25NO3. The number of nitrogens with one attached hydrogen (secondary N) is 1. The largest absolute Gasteiger partial charge is 0.382 e. The Morgan fingerprint density at radius 2 is 1.63 bits per heavy atom. The van der Waals surface area contributed by atoms with E-state index >= 15 is 0 Å². The summed E-state index contributed by atoms with van der Waals surface area (Å²) in [5, 5.41) is 3.17. The maximum absolute atomic E-state index is 5.63. The lowest BCUT2D eigenvalue weighted by Crippen LogP contribution is -2.12. The molecular weight excluding hydrogens is 242 g/mol. The molecule has 0 saturated carbocycles. The van der Waals surface area contributed by atoms with Crippen LogP contribution in [0.3, 0.4) is 0 Å². The molecule has 0 atom stereocenters. The molecule has 0 aliphatic rings. The minimum absolute atomic E-state index is 0.613. The van der Waals surface area contributed by atoms with Crippen LogP contribution in [-0.2, 0) is 27.2 Å². The maximum atomic E-state index is 5.63. The highest BCUT2D eigenvalue weighted by molar-refractivity contribution is 5.26. The Morgan fingerprint density at radius 3 is 2.37 bits per heavy atom. The van der Waals surface area contributed by atoms with Gasteiger partial charge in [0.1, 0.15) is 0 Å². The van der Waals surface area contributed by atoms with Crippen LogP contribution >= 0.6 is 0 Å². The third-order valence-electron chi connectivity index (χ3n) is 2.82. The average Bonchev–Trinajstić information content (AvgIpc) is 2.45. The van der Waals surface area contributed by atoms with Gasteiger partial charge in [-0.15, -0.1) is 0 Å².